The zero-order valence-corrected chi connectivity index (χ0v) is 9.45. The summed E-state index contributed by atoms with van der Waals surface area (Å²) >= 11 is 0. The van der Waals surface area contributed by atoms with E-state index in [9.17, 15) is 0 Å². The molecule has 0 atom stereocenters. The average Bonchev–Trinajstić information content (AvgIpc) is 2.38. The number of aliphatic hydroxyl groups excluding tert-OH is 2. The minimum absolute atomic E-state index is 0.0261. The molecule has 0 radical (unpaired) electrons. The van der Waals surface area contributed by atoms with E-state index >= 15 is 0 Å². The van der Waals surface area contributed by atoms with Crippen molar-refractivity contribution in [2.45, 2.75) is 0 Å². The third kappa shape index (κ3) is 2.51. The van der Waals surface area contributed by atoms with Crippen molar-refractivity contribution in [1.82, 2.24) is 9.97 Å². The molecule has 0 saturated carbocycles. The third-order valence-corrected chi connectivity index (χ3v) is 2.56. The Morgan fingerprint density at radius 3 is 2.41 bits per heavy atom. The van der Waals surface area contributed by atoms with Gasteiger partial charge in [0.05, 0.1) is 18.7 Å². The standard InChI is InChI=1S/C12H15N3O2/c16-7-5-15(6-8-17)12-10-3-1-2-4-11(10)13-9-14-12/h1-4,9,16-17H,5-8H2. The Hall–Kier alpha value is -1.72. The van der Waals surface area contributed by atoms with Gasteiger partial charge in [-0.1, -0.05) is 12.1 Å². The van der Waals surface area contributed by atoms with E-state index in [1.807, 2.05) is 29.2 Å². The molecule has 0 saturated heterocycles. The van der Waals surface area contributed by atoms with Gasteiger partial charge in [-0.05, 0) is 12.1 Å². The maximum Gasteiger partial charge on any atom is 0.140 e. The van der Waals surface area contributed by atoms with E-state index in [4.69, 9.17) is 10.2 Å². The molecule has 0 bridgehead atoms. The van der Waals surface area contributed by atoms with Crippen LogP contribution in [0.5, 0.6) is 0 Å². The highest BCUT2D eigenvalue weighted by Gasteiger charge is 2.10. The Morgan fingerprint density at radius 1 is 1.00 bits per heavy atom. The van der Waals surface area contributed by atoms with E-state index in [0.717, 1.165) is 16.7 Å². The molecule has 1 heterocycles. The average molecular weight is 233 g/mol. The first-order chi connectivity index (χ1) is 8.36. The van der Waals surface area contributed by atoms with Crippen LogP contribution in [0.3, 0.4) is 0 Å². The molecule has 0 aliphatic carbocycles. The first-order valence-corrected chi connectivity index (χ1v) is 5.53. The zero-order valence-electron chi connectivity index (χ0n) is 9.45. The van der Waals surface area contributed by atoms with Gasteiger partial charge in [0.15, 0.2) is 0 Å². The third-order valence-electron chi connectivity index (χ3n) is 2.56. The number of rotatable bonds is 5. The lowest BCUT2D eigenvalue weighted by Crippen LogP contribution is -2.30. The Labute approximate surface area is 99.4 Å². The van der Waals surface area contributed by atoms with Crippen molar-refractivity contribution in [2.75, 3.05) is 31.2 Å². The second-order valence-corrected chi connectivity index (χ2v) is 3.65. The summed E-state index contributed by atoms with van der Waals surface area (Å²) in [6.45, 7) is 0.944. The molecule has 0 amide bonds. The predicted octanol–water partition coefficient (Wildman–Crippen LogP) is 0.421. The van der Waals surface area contributed by atoms with Crippen molar-refractivity contribution in [3.63, 3.8) is 0 Å². The van der Waals surface area contributed by atoms with Crippen molar-refractivity contribution in [1.29, 1.82) is 0 Å². The summed E-state index contributed by atoms with van der Waals surface area (Å²) in [7, 11) is 0. The molecule has 90 valence electrons. The number of benzene rings is 1. The highest BCUT2D eigenvalue weighted by Crippen LogP contribution is 2.21. The molecular formula is C12H15N3O2. The summed E-state index contributed by atoms with van der Waals surface area (Å²) in [4.78, 5) is 10.3. The van der Waals surface area contributed by atoms with E-state index in [0.29, 0.717) is 13.1 Å². The van der Waals surface area contributed by atoms with Crippen LogP contribution in [-0.4, -0.2) is 46.5 Å². The fraction of sp³-hybridized carbons (Fsp3) is 0.333. The quantitative estimate of drug-likeness (QED) is 0.783. The highest BCUT2D eigenvalue weighted by molar-refractivity contribution is 5.89. The maximum atomic E-state index is 9.03. The molecule has 5 nitrogen and oxygen atoms in total. The summed E-state index contributed by atoms with van der Waals surface area (Å²) in [5.74, 6) is 0.749. The van der Waals surface area contributed by atoms with E-state index in [1.165, 1.54) is 6.33 Å². The number of hydrogen-bond acceptors (Lipinski definition) is 5. The number of aliphatic hydroxyl groups is 2. The van der Waals surface area contributed by atoms with Gasteiger partial charge in [0.2, 0.25) is 0 Å². The Kier molecular flexibility index (Phi) is 3.85. The molecule has 5 heteroatoms. The molecule has 1 aromatic carbocycles. The van der Waals surface area contributed by atoms with Gasteiger partial charge in [-0.3, -0.25) is 0 Å². The molecule has 2 N–H and O–H groups in total. The predicted molar refractivity (Wildman–Crippen MR) is 65.9 cm³/mol. The normalized spacial score (nSPS) is 10.7. The van der Waals surface area contributed by atoms with Crippen LogP contribution in [0.4, 0.5) is 5.82 Å². The molecule has 0 aliphatic rings. The van der Waals surface area contributed by atoms with Gasteiger partial charge >= 0.3 is 0 Å². The van der Waals surface area contributed by atoms with Crippen molar-refractivity contribution in [3.8, 4) is 0 Å². The van der Waals surface area contributed by atoms with E-state index < -0.39 is 0 Å². The lowest BCUT2D eigenvalue weighted by molar-refractivity contribution is 0.281. The minimum atomic E-state index is 0.0261. The summed E-state index contributed by atoms with van der Waals surface area (Å²) in [5, 5.41) is 19.0. The van der Waals surface area contributed by atoms with Crippen molar-refractivity contribution in [2.24, 2.45) is 0 Å². The number of hydrogen-bond donors (Lipinski definition) is 2. The van der Waals surface area contributed by atoms with Crippen LogP contribution in [0, 0.1) is 0 Å². The van der Waals surface area contributed by atoms with E-state index in [-0.39, 0.29) is 13.2 Å². The Bertz CT molecular complexity index is 479. The van der Waals surface area contributed by atoms with Gasteiger partial charge in [-0.25, -0.2) is 9.97 Å². The molecule has 2 rings (SSSR count). The largest absolute Gasteiger partial charge is 0.395 e. The summed E-state index contributed by atoms with van der Waals surface area (Å²) < 4.78 is 0. The lowest BCUT2D eigenvalue weighted by atomic mass is 10.2. The molecule has 2 aromatic rings. The Balaban J connectivity index is 2.44. The smallest absolute Gasteiger partial charge is 0.140 e. The molecule has 0 aliphatic heterocycles. The van der Waals surface area contributed by atoms with Gasteiger partial charge in [-0.15, -0.1) is 0 Å². The second-order valence-electron chi connectivity index (χ2n) is 3.65. The fourth-order valence-corrected chi connectivity index (χ4v) is 1.81. The van der Waals surface area contributed by atoms with Crippen LogP contribution >= 0.6 is 0 Å². The monoisotopic (exact) mass is 233 g/mol. The van der Waals surface area contributed by atoms with E-state index in [2.05, 4.69) is 9.97 Å². The van der Waals surface area contributed by atoms with Crippen LogP contribution in [0.25, 0.3) is 10.9 Å². The van der Waals surface area contributed by atoms with Gasteiger partial charge in [0.25, 0.3) is 0 Å². The molecular weight excluding hydrogens is 218 g/mol. The van der Waals surface area contributed by atoms with Crippen LogP contribution in [0.2, 0.25) is 0 Å². The molecule has 0 spiro atoms. The first kappa shape index (κ1) is 11.8. The van der Waals surface area contributed by atoms with Crippen molar-refractivity contribution < 1.29 is 10.2 Å². The van der Waals surface area contributed by atoms with Crippen LogP contribution in [0.1, 0.15) is 0 Å². The zero-order chi connectivity index (χ0) is 12.1. The molecule has 0 fully saturated rings. The van der Waals surface area contributed by atoms with Crippen LogP contribution < -0.4 is 4.90 Å². The van der Waals surface area contributed by atoms with Gasteiger partial charge in [0, 0.05) is 18.5 Å². The molecule has 17 heavy (non-hydrogen) atoms. The topological polar surface area (TPSA) is 69.5 Å². The van der Waals surface area contributed by atoms with Crippen LogP contribution in [0.15, 0.2) is 30.6 Å². The highest BCUT2D eigenvalue weighted by atomic mass is 16.3. The number of nitrogens with zero attached hydrogens (tertiary/aromatic N) is 3. The fourth-order valence-electron chi connectivity index (χ4n) is 1.81. The lowest BCUT2D eigenvalue weighted by Gasteiger charge is -2.22. The molecule has 0 unspecified atom stereocenters. The summed E-state index contributed by atoms with van der Waals surface area (Å²) in [5.41, 5.74) is 0.860. The Morgan fingerprint density at radius 2 is 1.71 bits per heavy atom. The summed E-state index contributed by atoms with van der Waals surface area (Å²) in [6, 6.07) is 7.69. The van der Waals surface area contributed by atoms with E-state index in [1.54, 1.807) is 0 Å². The SMILES string of the molecule is OCCN(CCO)c1ncnc2ccccc12. The molecule has 1 aromatic heterocycles. The maximum absolute atomic E-state index is 9.03. The van der Waals surface area contributed by atoms with Gasteiger partial charge < -0.3 is 15.1 Å². The number of anilines is 1. The minimum Gasteiger partial charge on any atom is -0.395 e. The number of aromatic nitrogens is 2. The van der Waals surface area contributed by atoms with Crippen molar-refractivity contribution >= 4 is 16.7 Å². The van der Waals surface area contributed by atoms with Gasteiger partial charge in [0.1, 0.15) is 12.1 Å². The summed E-state index contributed by atoms with van der Waals surface area (Å²) in [6.07, 6.45) is 1.50. The first-order valence-electron chi connectivity index (χ1n) is 5.53. The second kappa shape index (κ2) is 5.56. The number of fused-ring (bicyclic) bond motifs is 1. The number of para-hydroxylation sites is 1. The van der Waals surface area contributed by atoms with Gasteiger partial charge in [-0.2, -0.15) is 0 Å². The van der Waals surface area contributed by atoms with Crippen molar-refractivity contribution in [3.05, 3.63) is 30.6 Å². The van der Waals surface area contributed by atoms with Crippen LogP contribution in [-0.2, 0) is 0 Å².